The van der Waals surface area contributed by atoms with Gasteiger partial charge in [0.05, 0.1) is 12.2 Å². The van der Waals surface area contributed by atoms with Crippen LogP contribution in [0.2, 0.25) is 0 Å². The molecular formula is C12H15NO. The van der Waals surface area contributed by atoms with Crippen LogP contribution in [0.3, 0.4) is 0 Å². The van der Waals surface area contributed by atoms with Gasteiger partial charge < -0.3 is 10.1 Å². The van der Waals surface area contributed by atoms with E-state index in [9.17, 15) is 0 Å². The minimum absolute atomic E-state index is 0.127. The summed E-state index contributed by atoms with van der Waals surface area (Å²) in [5.41, 5.74) is 2.56. The molecule has 3 rings (SSSR count). The normalized spacial score (nSPS) is 21.8. The number of fused-ring (bicyclic) bond motifs is 1. The molecule has 0 bridgehead atoms. The van der Waals surface area contributed by atoms with Crippen molar-refractivity contribution in [2.45, 2.75) is 31.8 Å². The molecule has 2 heteroatoms. The molecule has 0 atom stereocenters. The lowest BCUT2D eigenvalue weighted by molar-refractivity contribution is 0.000189. The highest BCUT2D eigenvalue weighted by atomic mass is 16.5. The fourth-order valence-electron chi connectivity index (χ4n) is 2.25. The molecule has 0 amide bonds. The lowest BCUT2D eigenvalue weighted by atomic mass is 9.79. The van der Waals surface area contributed by atoms with Crippen LogP contribution in [-0.2, 0) is 0 Å². The molecule has 1 aliphatic carbocycles. The summed E-state index contributed by atoms with van der Waals surface area (Å²) in [7, 11) is 0. The first kappa shape index (κ1) is 8.16. The maximum Gasteiger partial charge on any atom is 0.143 e. The van der Waals surface area contributed by atoms with Crippen molar-refractivity contribution in [2.75, 3.05) is 11.9 Å². The molecule has 0 radical (unpaired) electrons. The van der Waals surface area contributed by atoms with Gasteiger partial charge in [0.15, 0.2) is 0 Å². The van der Waals surface area contributed by atoms with Crippen molar-refractivity contribution in [1.29, 1.82) is 0 Å². The molecule has 1 aliphatic heterocycles. The number of hydrogen-bond donors (Lipinski definition) is 1. The Kier molecular flexibility index (Phi) is 1.55. The van der Waals surface area contributed by atoms with E-state index in [0.717, 1.165) is 18.0 Å². The van der Waals surface area contributed by atoms with Gasteiger partial charge in [-0.3, -0.25) is 0 Å². The maximum atomic E-state index is 6.05. The van der Waals surface area contributed by atoms with E-state index < -0.39 is 0 Å². The second-order valence-corrected chi connectivity index (χ2v) is 4.49. The van der Waals surface area contributed by atoms with Crippen LogP contribution in [0.15, 0.2) is 18.2 Å². The number of nitrogens with one attached hydrogen (secondary N) is 1. The first-order chi connectivity index (χ1) is 6.77. The van der Waals surface area contributed by atoms with Crippen LogP contribution in [0.25, 0.3) is 0 Å². The SMILES string of the molecule is Cc1ccc2c(c1)NCC1(CCC1)O2. The van der Waals surface area contributed by atoms with Gasteiger partial charge in [0.1, 0.15) is 11.4 Å². The fraction of sp³-hybridized carbons (Fsp3) is 0.500. The van der Waals surface area contributed by atoms with Crippen LogP contribution in [0.4, 0.5) is 5.69 Å². The zero-order chi connectivity index (χ0) is 9.60. The Morgan fingerprint density at radius 1 is 1.36 bits per heavy atom. The van der Waals surface area contributed by atoms with Gasteiger partial charge in [-0.25, -0.2) is 0 Å². The van der Waals surface area contributed by atoms with Gasteiger partial charge in [0.2, 0.25) is 0 Å². The summed E-state index contributed by atoms with van der Waals surface area (Å²) in [6, 6.07) is 6.34. The smallest absolute Gasteiger partial charge is 0.143 e. The molecule has 0 unspecified atom stereocenters. The van der Waals surface area contributed by atoms with Crippen molar-refractivity contribution in [3.63, 3.8) is 0 Å². The maximum absolute atomic E-state index is 6.05. The van der Waals surface area contributed by atoms with E-state index in [0.29, 0.717) is 0 Å². The van der Waals surface area contributed by atoms with Crippen molar-refractivity contribution >= 4 is 5.69 Å². The monoisotopic (exact) mass is 189 g/mol. The average Bonchev–Trinajstić information content (AvgIpc) is 2.15. The Balaban J connectivity index is 1.94. The third-order valence-corrected chi connectivity index (χ3v) is 3.33. The third kappa shape index (κ3) is 1.10. The van der Waals surface area contributed by atoms with Crippen molar-refractivity contribution in [2.24, 2.45) is 0 Å². The summed E-state index contributed by atoms with van der Waals surface area (Å²) in [5, 5.41) is 3.47. The largest absolute Gasteiger partial charge is 0.483 e. The average molecular weight is 189 g/mol. The van der Waals surface area contributed by atoms with E-state index in [1.165, 1.54) is 24.8 Å². The Hall–Kier alpha value is -1.18. The zero-order valence-corrected chi connectivity index (χ0v) is 8.47. The number of aryl methyl sites for hydroxylation is 1. The van der Waals surface area contributed by atoms with E-state index in [4.69, 9.17) is 4.74 Å². The van der Waals surface area contributed by atoms with Crippen LogP contribution in [0.5, 0.6) is 5.75 Å². The van der Waals surface area contributed by atoms with Gasteiger partial charge >= 0.3 is 0 Å². The molecule has 74 valence electrons. The highest BCUT2D eigenvalue weighted by molar-refractivity contribution is 5.60. The molecule has 1 saturated carbocycles. The van der Waals surface area contributed by atoms with Gasteiger partial charge in [-0.05, 0) is 43.9 Å². The molecule has 1 aromatic carbocycles. The van der Waals surface area contributed by atoms with Gasteiger partial charge in [-0.1, -0.05) is 6.07 Å². The molecule has 1 heterocycles. The summed E-state index contributed by atoms with van der Waals surface area (Å²) in [5.74, 6) is 1.03. The van der Waals surface area contributed by atoms with Crippen molar-refractivity contribution < 1.29 is 4.74 Å². The second-order valence-electron chi connectivity index (χ2n) is 4.49. The molecule has 1 fully saturated rings. The Labute approximate surface area is 84.3 Å². The standard InChI is InChI=1S/C12H15NO/c1-9-3-4-11-10(7-9)13-8-12(14-11)5-2-6-12/h3-4,7,13H,2,5-6,8H2,1H3. The summed E-state index contributed by atoms with van der Waals surface area (Å²) in [6.07, 6.45) is 3.71. The lowest BCUT2D eigenvalue weighted by Crippen LogP contribution is -2.51. The zero-order valence-electron chi connectivity index (χ0n) is 8.47. The van der Waals surface area contributed by atoms with Crippen LogP contribution < -0.4 is 10.1 Å². The predicted molar refractivity (Wildman–Crippen MR) is 56.9 cm³/mol. The highest BCUT2D eigenvalue weighted by Gasteiger charge is 2.41. The number of benzene rings is 1. The fourth-order valence-corrected chi connectivity index (χ4v) is 2.25. The Morgan fingerprint density at radius 3 is 2.93 bits per heavy atom. The van der Waals surface area contributed by atoms with Crippen LogP contribution in [-0.4, -0.2) is 12.1 Å². The van der Waals surface area contributed by atoms with Gasteiger partial charge in [0, 0.05) is 0 Å². The first-order valence-electron chi connectivity index (χ1n) is 5.31. The van der Waals surface area contributed by atoms with Gasteiger partial charge in [-0.2, -0.15) is 0 Å². The van der Waals surface area contributed by atoms with E-state index in [1.807, 2.05) is 0 Å². The van der Waals surface area contributed by atoms with Crippen molar-refractivity contribution in [3.8, 4) is 5.75 Å². The second kappa shape index (κ2) is 2.66. The third-order valence-electron chi connectivity index (χ3n) is 3.33. The molecule has 0 aromatic heterocycles. The predicted octanol–water partition coefficient (Wildman–Crippen LogP) is 2.72. The highest BCUT2D eigenvalue weighted by Crippen LogP contribution is 2.42. The summed E-state index contributed by atoms with van der Waals surface area (Å²) in [6.45, 7) is 3.08. The molecule has 0 saturated heterocycles. The molecule has 2 nitrogen and oxygen atoms in total. The molecule has 2 aliphatic rings. The van der Waals surface area contributed by atoms with Gasteiger partial charge in [-0.15, -0.1) is 0 Å². The van der Waals surface area contributed by atoms with Gasteiger partial charge in [0.25, 0.3) is 0 Å². The van der Waals surface area contributed by atoms with E-state index in [-0.39, 0.29) is 5.60 Å². The summed E-state index contributed by atoms with van der Waals surface area (Å²) >= 11 is 0. The van der Waals surface area contributed by atoms with Crippen LogP contribution >= 0.6 is 0 Å². The number of hydrogen-bond acceptors (Lipinski definition) is 2. The number of rotatable bonds is 0. The first-order valence-corrected chi connectivity index (χ1v) is 5.31. The quantitative estimate of drug-likeness (QED) is 0.677. The van der Waals surface area contributed by atoms with E-state index >= 15 is 0 Å². The number of anilines is 1. The minimum Gasteiger partial charge on any atom is -0.483 e. The van der Waals surface area contributed by atoms with Crippen LogP contribution in [0, 0.1) is 6.92 Å². The number of ether oxygens (including phenoxy) is 1. The molecule has 1 spiro atoms. The summed E-state index contributed by atoms with van der Waals surface area (Å²) < 4.78 is 6.05. The minimum atomic E-state index is 0.127. The van der Waals surface area contributed by atoms with Crippen molar-refractivity contribution in [3.05, 3.63) is 23.8 Å². The van der Waals surface area contributed by atoms with E-state index in [1.54, 1.807) is 0 Å². The molecule has 1 N–H and O–H groups in total. The van der Waals surface area contributed by atoms with E-state index in [2.05, 4.69) is 30.4 Å². The lowest BCUT2D eigenvalue weighted by Gasteiger charge is -2.45. The van der Waals surface area contributed by atoms with Crippen molar-refractivity contribution in [1.82, 2.24) is 0 Å². The Bertz CT molecular complexity index is 369. The Morgan fingerprint density at radius 2 is 2.21 bits per heavy atom. The topological polar surface area (TPSA) is 21.3 Å². The van der Waals surface area contributed by atoms with Crippen LogP contribution in [0.1, 0.15) is 24.8 Å². The molecule has 14 heavy (non-hydrogen) atoms. The molecule has 1 aromatic rings. The molecular weight excluding hydrogens is 174 g/mol. The summed E-state index contributed by atoms with van der Waals surface area (Å²) in [4.78, 5) is 0.